The molecule has 0 spiro atoms. The molecule has 0 atom stereocenters. The number of nitrogen functional groups attached to an aromatic ring is 1. The van der Waals surface area contributed by atoms with Crippen LogP contribution >= 0.6 is 15.9 Å². The van der Waals surface area contributed by atoms with E-state index in [2.05, 4.69) is 20.9 Å². The molecule has 2 N–H and O–H groups in total. The van der Waals surface area contributed by atoms with E-state index in [0.29, 0.717) is 5.56 Å². The lowest BCUT2D eigenvalue weighted by Gasteiger charge is -2.06. The van der Waals surface area contributed by atoms with Gasteiger partial charge in [0, 0.05) is 10.7 Å². The summed E-state index contributed by atoms with van der Waals surface area (Å²) in [6, 6.07) is 10.2. The van der Waals surface area contributed by atoms with Crippen LogP contribution < -0.4 is 5.73 Å². The van der Waals surface area contributed by atoms with E-state index in [1.165, 1.54) is 12.3 Å². The molecule has 0 saturated heterocycles. The molecule has 2 rings (SSSR count). The van der Waals surface area contributed by atoms with Crippen LogP contribution in [0.1, 0.15) is 5.56 Å². The zero-order valence-electron chi connectivity index (χ0n) is 9.38. The van der Waals surface area contributed by atoms with Crippen LogP contribution in [0.25, 0.3) is 0 Å². The highest BCUT2D eigenvalue weighted by Crippen LogP contribution is 2.20. The maximum absolute atomic E-state index is 12.2. The second-order valence-electron chi connectivity index (χ2n) is 3.78. The van der Waals surface area contributed by atoms with Crippen molar-refractivity contribution in [3.8, 4) is 0 Å². The maximum atomic E-state index is 12.2. The molecule has 1 aromatic heterocycles. The van der Waals surface area contributed by atoms with Crippen molar-refractivity contribution in [1.82, 2.24) is 4.98 Å². The van der Waals surface area contributed by atoms with Crippen LogP contribution in [0, 0.1) is 0 Å². The van der Waals surface area contributed by atoms with Gasteiger partial charge in [0.2, 0.25) is 9.84 Å². The zero-order chi connectivity index (χ0) is 13.2. The first-order chi connectivity index (χ1) is 8.49. The van der Waals surface area contributed by atoms with Crippen molar-refractivity contribution in [2.45, 2.75) is 10.8 Å². The van der Waals surface area contributed by atoms with Crippen molar-refractivity contribution in [2.24, 2.45) is 0 Å². The van der Waals surface area contributed by atoms with Gasteiger partial charge in [0.05, 0.1) is 11.4 Å². The Labute approximate surface area is 114 Å². The molecular formula is C12H11BrN2O2S. The van der Waals surface area contributed by atoms with Crippen molar-refractivity contribution in [2.75, 3.05) is 5.73 Å². The fraction of sp³-hybridized carbons (Fsp3) is 0.0833. The SMILES string of the molecule is Nc1cccnc1S(=O)(=O)Cc1ccc(Br)cc1. The molecule has 2 aromatic rings. The van der Waals surface area contributed by atoms with E-state index >= 15 is 0 Å². The normalized spacial score (nSPS) is 11.4. The highest BCUT2D eigenvalue weighted by Gasteiger charge is 2.19. The van der Waals surface area contributed by atoms with E-state index in [-0.39, 0.29) is 16.5 Å². The highest BCUT2D eigenvalue weighted by molar-refractivity contribution is 9.10. The lowest BCUT2D eigenvalue weighted by molar-refractivity contribution is 0.592. The molecule has 94 valence electrons. The first kappa shape index (κ1) is 13.0. The second-order valence-corrected chi connectivity index (χ2v) is 6.60. The van der Waals surface area contributed by atoms with Gasteiger partial charge in [0.15, 0.2) is 5.03 Å². The number of benzene rings is 1. The van der Waals surface area contributed by atoms with E-state index in [1.54, 1.807) is 30.3 Å². The van der Waals surface area contributed by atoms with Crippen LogP contribution in [0.5, 0.6) is 0 Å². The van der Waals surface area contributed by atoms with Crippen molar-refractivity contribution >= 4 is 31.5 Å². The molecule has 0 aliphatic rings. The number of pyridine rings is 1. The van der Waals surface area contributed by atoms with E-state index in [1.807, 2.05) is 0 Å². The lowest BCUT2D eigenvalue weighted by Crippen LogP contribution is -2.09. The number of aromatic nitrogens is 1. The summed E-state index contributed by atoms with van der Waals surface area (Å²) in [7, 11) is -3.51. The van der Waals surface area contributed by atoms with E-state index in [4.69, 9.17) is 5.73 Å². The van der Waals surface area contributed by atoms with Crippen molar-refractivity contribution in [3.05, 3.63) is 52.6 Å². The molecular weight excluding hydrogens is 316 g/mol. The topological polar surface area (TPSA) is 73.0 Å². The first-order valence-electron chi connectivity index (χ1n) is 5.17. The maximum Gasteiger partial charge on any atom is 0.201 e. The van der Waals surface area contributed by atoms with Gasteiger partial charge in [0.1, 0.15) is 0 Å². The Morgan fingerprint density at radius 3 is 2.44 bits per heavy atom. The quantitative estimate of drug-likeness (QED) is 0.939. The predicted molar refractivity (Wildman–Crippen MR) is 73.7 cm³/mol. The molecule has 0 fully saturated rings. The largest absolute Gasteiger partial charge is 0.396 e. The minimum atomic E-state index is -3.51. The number of rotatable bonds is 3. The average Bonchev–Trinajstić information content (AvgIpc) is 2.32. The third-order valence-electron chi connectivity index (χ3n) is 2.37. The standard InChI is InChI=1S/C12H11BrN2O2S/c13-10-5-3-9(4-6-10)8-18(16,17)12-11(14)2-1-7-15-12/h1-7H,8,14H2. The fourth-order valence-corrected chi connectivity index (χ4v) is 3.21. The van der Waals surface area contributed by atoms with Gasteiger partial charge in [-0.05, 0) is 29.8 Å². The molecule has 0 aliphatic carbocycles. The summed E-state index contributed by atoms with van der Waals surface area (Å²) in [5.74, 6) is -0.110. The minimum absolute atomic E-state index is 0.0621. The molecule has 0 bridgehead atoms. The van der Waals surface area contributed by atoms with Crippen LogP contribution in [0.4, 0.5) is 5.69 Å². The summed E-state index contributed by atoms with van der Waals surface area (Å²) in [4.78, 5) is 3.84. The van der Waals surface area contributed by atoms with Crippen LogP contribution in [-0.2, 0) is 15.6 Å². The first-order valence-corrected chi connectivity index (χ1v) is 7.61. The van der Waals surface area contributed by atoms with Gasteiger partial charge in [-0.1, -0.05) is 28.1 Å². The van der Waals surface area contributed by atoms with Crippen molar-refractivity contribution in [1.29, 1.82) is 0 Å². The van der Waals surface area contributed by atoms with Crippen LogP contribution in [0.2, 0.25) is 0 Å². The molecule has 1 heterocycles. The van der Waals surface area contributed by atoms with E-state index in [0.717, 1.165) is 4.47 Å². The molecule has 0 saturated carbocycles. The third kappa shape index (κ3) is 2.88. The molecule has 0 amide bonds. The Balaban J connectivity index is 2.33. The van der Waals surface area contributed by atoms with Crippen molar-refractivity contribution in [3.63, 3.8) is 0 Å². The van der Waals surface area contributed by atoms with Crippen LogP contribution in [0.15, 0.2) is 52.1 Å². The molecule has 0 aliphatic heterocycles. The zero-order valence-corrected chi connectivity index (χ0v) is 11.8. The molecule has 18 heavy (non-hydrogen) atoms. The fourth-order valence-electron chi connectivity index (χ4n) is 1.53. The summed E-state index contributed by atoms with van der Waals surface area (Å²) in [6.45, 7) is 0. The van der Waals surface area contributed by atoms with Gasteiger partial charge >= 0.3 is 0 Å². The van der Waals surface area contributed by atoms with E-state index < -0.39 is 9.84 Å². The third-order valence-corrected chi connectivity index (χ3v) is 4.54. The number of hydrogen-bond acceptors (Lipinski definition) is 4. The van der Waals surface area contributed by atoms with Gasteiger partial charge < -0.3 is 5.73 Å². The monoisotopic (exact) mass is 326 g/mol. The Kier molecular flexibility index (Phi) is 3.68. The van der Waals surface area contributed by atoms with Gasteiger partial charge in [-0.25, -0.2) is 13.4 Å². The molecule has 4 nitrogen and oxygen atoms in total. The van der Waals surface area contributed by atoms with Gasteiger partial charge in [0.25, 0.3) is 0 Å². The smallest absolute Gasteiger partial charge is 0.201 e. The van der Waals surface area contributed by atoms with E-state index in [9.17, 15) is 8.42 Å². The van der Waals surface area contributed by atoms with Crippen LogP contribution in [0.3, 0.4) is 0 Å². The Hall–Kier alpha value is -1.40. The van der Waals surface area contributed by atoms with Gasteiger partial charge in [-0.15, -0.1) is 0 Å². The molecule has 1 aromatic carbocycles. The number of nitrogens with zero attached hydrogens (tertiary/aromatic N) is 1. The number of halogens is 1. The second kappa shape index (κ2) is 5.07. The highest BCUT2D eigenvalue weighted by atomic mass is 79.9. The predicted octanol–water partition coefficient (Wildman–Crippen LogP) is 2.40. The van der Waals surface area contributed by atoms with Crippen molar-refractivity contribution < 1.29 is 8.42 Å². The summed E-state index contributed by atoms with van der Waals surface area (Å²) in [5.41, 5.74) is 6.51. The lowest BCUT2D eigenvalue weighted by atomic mass is 10.2. The summed E-state index contributed by atoms with van der Waals surface area (Å²) in [6.07, 6.45) is 1.42. The average molecular weight is 327 g/mol. The molecule has 0 radical (unpaired) electrons. The Morgan fingerprint density at radius 2 is 1.83 bits per heavy atom. The summed E-state index contributed by atoms with van der Waals surface area (Å²) in [5, 5.41) is -0.0621. The molecule has 0 unspecified atom stereocenters. The Bertz CT molecular complexity index is 654. The van der Waals surface area contributed by atoms with Gasteiger partial charge in [-0.2, -0.15) is 0 Å². The summed E-state index contributed by atoms with van der Waals surface area (Å²) < 4.78 is 25.2. The number of hydrogen-bond donors (Lipinski definition) is 1. The molecule has 6 heteroatoms. The number of sulfone groups is 1. The van der Waals surface area contributed by atoms with Gasteiger partial charge in [-0.3, -0.25) is 0 Å². The number of anilines is 1. The number of nitrogens with two attached hydrogens (primary N) is 1. The Morgan fingerprint density at radius 1 is 1.17 bits per heavy atom. The minimum Gasteiger partial charge on any atom is -0.396 e. The van der Waals surface area contributed by atoms with Crippen LogP contribution in [-0.4, -0.2) is 13.4 Å². The summed E-state index contributed by atoms with van der Waals surface area (Å²) >= 11 is 3.30.